The van der Waals surface area contributed by atoms with E-state index in [1.165, 1.54) is 48.0 Å². The molecular formula is C21H16N2O6S2. The zero-order valence-corrected chi connectivity index (χ0v) is 17.9. The summed E-state index contributed by atoms with van der Waals surface area (Å²) in [7, 11) is 1.42. The maximum Gasteiger partial charge on any atom is 0.343 e. The van der Waals surface area contributed by atoms with Crippen LogP contribution in [0, 0.1) is 10.1 Å². The molecule has 1 heterocycles. The number of nitro benzene ring substituents is 1. The molecule has 0 unspecified atom stereocenters. The predicted octanol–water partition coefficient (Wildman–Crippen LogP) is 4.21. The lowest BCUT2D eigenvalue weighted by Crippen LogP contribution is -2.27. The van der Waals surface area contributed by atoms with Crippen molar-refractivity contribution >= 4 is 51.9 Å². The molecule has 1 amide bonds. The lowest BCUT2D eigenvalue weighted by atomic mass is 10.1. The number of esters is 1. The fraction of sp³-hybridized carbons (Fsp3) is 0.0952. The number of amides is 1. The number of nitro groups is 1. The van der Waals surface area contributed by atoms with Gasteiger partial charge in [-0.05, 0) is 35.9 Å². The second kappa shape index (κ2) is 9.54. The number of rotatable bonds is 7. The van der Waals surface area contributed by atoms with Gasteiger partial charge in [-0.1, -0.05) is 36.1 Å². The van der Waals surface area contributed by atoms with Crippen LogP contribution < -0.4 is 9.47 Å². The number of carbonyl (C=O) groups is 2. The van der Waals surface area contributed by atoms with Crippen molar-refractivity contribution in [2.45, 2.75) is 0 Å². The van der Waals surface area contributed by atoms with Gasteiger partial charge in [-0.2, -0.15) is 0 Å². The first-order valence-corrected chi connectivity index (χ1v) is 10.1. The first kappa shape index (κ1) is 22.2. The maximum absolute atomic E-state index is 12.5. The number of hydrogen-bond acceptors (Lipinski definition) is 8. The lowest BCUT2D eigenvalue weighted by molar-refractivity contribution is -0.384. The minimum atomic E-state index is -0.689. The molecule has 0 spiro atoms. The van der Waals surface area contributed by atoms with Gasteiger partial charge in [0, 0.05) is 18.7 Å². The summed E-state index contributed by atoms with van der Waals surface area (Å²) >= 11 is 6.41. The molecule has 1 saturated heterocycles. The van der Waals surface area contributed by atoms with E-state index in [0.717, 1.165) is 0 Å². The summed E-state index contributed by atoms with van der Waals surface area (Å²) in [6.45, 7) is 3.96. The fourth-order valence-electron chi connectivity index (χ4n) is 2.67. The Kier molecular flexibility index (Phi) is 6.83. The van der Waals surface area contributed by atoms with Gasteiger partial charge in [0.1, 0.15) is 4.32 Å². The van der Waals surface area contributed by atoms with Crippen molar-refractivity contribution in [1.82, 2.24) is 4.90 Å². The van der Waals surface area contributed by atoms with Crippen LogP contribution in [0.3, 0.4) is 0 Å². The Balaban J connectivity index is 1.79. The number of carbonyl (C=O) groups excluding carboxylic acids is 2. The quantitative estimate of drug-likeness (QED) is 0.116. The third-order valence-corrected chi connectivity index (χ3v) is 5.56. The molecule has 0 radical (unpaired) electrons. The summed E-state index contributed by atoms with van der Waals surface area (Å²) in [5, 5.41) is 10.7. The first-order valence-electron chi connectivity index (χ1n) is 8.85. The van der Waals surface area contributed by atoms with Crippen molar-refractivity contribution in [3.63, 3.8) is 0 Å². The number of benzene rings is 2. The van der Waals surface area contributed by atoms with Crippen molar-refractivity contribution in [1.29, 1.82) is 0 Å². The molecular weight excluding hydrogens is 440 g/mol. The van der Waals surface area contributed by atoms with Gasteiger partial charge < -0.3 is 9.47 Å². The summed E-state index contributed by atoms with van der Waals surface area (Å²) in [6.07, 6.45) is 3.28. The highest BCUT2D eigenvalue weighted by molar-refractivity contribution is 8.26. The highest BCUT2D eigenvalue weighted by Gasteiger charge is 2.31. The summed E-state index contributed by atoms with van der Waals surface area (Å²) < 4.78 is 11.1. The molecule has 0 aromatic heterocycles. The molecule has 0 bridgehead atoms. The normalized spacial score (nSPS) is 14.6. The van der Waals surface area contributed by atoms with Crippen LogP contribution in [0.15, 0.2) is 60.0 Å². The Morgan fingerprint density at radius 3 is 2.58 bits per heavy atom. The number of methoxy groups -OCH3 is 1. The van der Waals surface area contributed by atoms with E-state index < -0.39 is 10.9 Å². The Labute approximate surface area is 187 Å². The fourth-order valence-corrected chi connectivity index (χ4v) is 3.95. The van der Waals surface area contributed by atoms with Gasteiger partial charge in [-0.3, -0.25) is 19.8 Å². The summed E-state index contributed by atoms with van der Waals surface area (Å²) in [5.74, 6) is -0.443. The van der Waals surface area contributed by atoms with Gasteiger partial charge in [0.25, 0.3) is 11.6 Å². The molecule has 0 aliphatic carbocycles. The summed E-state index contributed by atoms with van der Waals surface area (Å²) in [4.78, 5) is 36.9. The molecule has 0 saturated carbocycles. The Bertz CT molecular complexity index is 1110. The van der Waals surface area contributed by atoms with Crippen LogP contribution in [0.2, 0.25) is 0 Å². The third-order valence-electron chi connectivity index (χ3n) is 4.19. The van der Waals surface area contributed by atoms with Crippen molar-refractivity contribution in [3.05, 3.63) is 81.3 Å². The average molecular weight is 457 g/mol. The first-order chi connectivity index (χ1) is 14.8. The molecule has 1 fully saturated rings. The van der Waals surface area contributed by atoms with Crippen LogP contribution in [0.25, 0.3) is 6.08 Å². The van der Waals surface area contributed by atoms with Gasteiger partial charge in [-0.15, -0.1) is 6.58 Å². The molecule has 0 atom stereocenters. The lowest BCUT2D eigenvalue weighted by Gasteiger charge is -2.11. The molecule has 3 rings (SSSR count). The summed E-state index contributed by atoms with van der Waals surface area (Å²) in [6, 6.07) is 9.90. The molecule has 2 aromatic rings. The molecule has 158 valence electrons. The van der Waals surface area contributed by atoms with E-state index in [-0.39, 0.29) is 28.7 Å². The number of thiocarbonyl (C=S) groups is 1. The van der Waals surface area contributed by atoms with Crippen LogP contribution in [0.1, 0.15) is 15.9 Å². The van der Waals surface area contributed by atoms with Gasteiger partial charge >= 0.3 is 5.97 Å². The second-order valence-corrected chi connectivity index (χ2v) is 7.86. The van der Waals surface area contributed by atoms with Gasteiger partial charge in [-0.25, -0.2) is 4.79 Å². The van der Waals surface area contributed by atoms with Crippen molar-refractivity contribution in [2.75, 3.05) is 13.7 Å². The minimum absolute atomic E-state index is 0.128. The Morgan fingerprint density at radius 2 is 1.97 bits per heavy atom. The molecule has 1 aliphatic rings. The second-order valence-electron chi connectivity index (χ2n) is 6.18. The zero-order chi connectivity index (χ0) is 22.5. The predicted molar refractivity (Wildman–Crippen MR) is 121 cm³/mol. The number of thioether (sulfide) groups is 1. The maximum atomic E-state index is 12.5. The Morgan fingerprint density at radius 1 is 1.26 bits per heavy atom. The van der Waals surface area contributed by atoms with Crippen LogP contribution in [-0.2, 0) is 4.79 Å². The van der Waals surface area contributed by atoms with Gasteiger partial charge in [0.05, 0.1) is 22.5 Å². The topological polar surface area (TPSA) is 99.0 Å². The highest BCUT2D eigenvalue weighted by Crippen LogP contribution is 2.35. The molecule has 2 aromatic carbocycles. The largest absolute Gasteiger partial charge is 0.493 e. The van der Waals surface area contributed by atoms with Crippen LogP contribution in [0.5, 0.6) is 11.5 Å². The number of non-ortho nitro benzene ring substituents is 1. The molecule has 8 nitrogen and oxygen atoms in total. The van der Waals surface area contributed by atoms with E-state index in [1.807, 2.05) is 0 Å². The SMILES string of the molecule is C=CCN1C(=O)/C(=C\c2ccc(OC(=O)c3ccc([N+](=O)[O-])cc3)c(OC)c2)SC1=S. The van der Waals surface area contributed by atoms with Crippen LogP contribution in [-0.4, -0.2) is 39.7 Å². The van der Waals surface area contributed by atoms with Crippen LogP contribution in [0.4, 0.5) is 5.69 Å². The molecule has 1 aliphatic heterocycles. The number of ether oxygens (including phenoxy) is 2. The molecule has 31 heavy (non-hydrogen) atoms. The van der Waals surface area contributed by atoms with E-state index in [4.69, 9.17) is 21.7 Å². The Hall–Kier alpha value is -3.50. The van der Waals surface area contributed by atoms with Crippen molar-refractivity contribution in [2.24, 2.45) is 0 Å². The van der Waals surface area contributed by atoms with Crippen molar-refractivity contribution < 1.29 is 24.0 Å². The monoisotopic (exact) mass is 456 g/mol. The standard InChI is InChI=1S/C21H16N2O6S2/c1-3-10-22-19(24)18(31-21(22)30)12-13-4-9-16(17(11-13)28-2)29-20(25)14-5-7-15(8-6-14)23(26)27/h3-9,11-12H,1,10H2,2H3/b18-12+. The average Bonchev–Trinajstić information content (AvgIpc) is 3.02. The molecule has 0 N–H and O–H groups in total. The van der Waals surface area contributed by atoms with Crippen molar-refractivity contribution in [3.8, 4) is 11.5 Å². The van der Waals surface area contributed by atoms with E-state index in [1.54, 1.807) is 30.4 Å². The van der Waals surface area contributed by atoms with E-state index in [9.17, 15) is 19.7 Å². The van der Waals surface area contributed by atoms with E-state index in [2.05, 4.69) is 6.58 Å². The van der Waals surface area contributed by atoms with Gasteiger partial charge in [0.2, 0.25) is 0 Å². The zero-order valence-electron chi connectivity index (χ0n) is 16.3. The number of hydrogen-bond donors (Lipinski definition) is 0. The van der Waals surface area contributed by atoms with Gasteiger partial charge in [0.15, 0.2) is 11.5 Å². The summed E-state index contributed by atoms with van der Waals surface area (Å²) in [5.41, 5.74) is 0.686. The third kappa shape index (κ3) is 4.98. The highest BCUT2D eigenvalue weighted by atomic mass is 32.2. The smallest absolute Gasteiger partial charge is 0.343 e. The van der Waals surface area contributed by atoms with E-state index >= 15 is 0 Å². The number of nitrogens with zero attached hydrogens (tertiary/aromatic N) is 2. The van der Waals surface area contributed by atoms with E-state index in [0.29, 0.717) is 21.3 Å². The minimum Gasteiger partial charge on any atom is -0.493 e. The van der Waals surface area contributed by atoms with Crippen LogP contribution >= 0.6 is 24.0 Å². The molecule has 10 heteroatoms.